The minimum Gasteiger partial charge on any atom is -0.436 e. The molecule has 0 fully saturated rings. The van der Waals surface area contributed by atoms with Gasteiger partial charge >= 0.3 is 0 Å². The van der Waals surface area contributed by atoms with Gasteiger partial charge in [0.05, 0.1) is 6.20 Å². The molecule has 0 saturated carbocycles. The summed E-state index contributed by atoms with van der Waals surface area (Å²) in [4.78, 5) is 19.7. The first-order valence-corrected chi connectivity index (χ1v) is 11.3. The van der Waals surface area contributed by atoms with E-state index in [4.69, 9.17) is 4.74 Å². The van der Waals surface area contributed by atoms with Crippen molar-refractivity contribution in [3.05, 3.63) is 114 Å². The number of amides is 1. The zero-order valence-electron chi connectivity index (χ0n) is 20.0. The number of aryl methyl sites for hydroxylation is 2. The number of aromatic nitrogens is 2. The van der Waals surface area contributed by atoms with Crippen LogP contribution in [0.5, 0.6) is 11.6 Å². The van der Waals surface area contributed by atoms with Crippen molar-refractivity contribution >= 4 is 35.4 Å². The van der Waals surface area contributed by atoms with Crippen LogP contribution in [0.3, 0.4) is 0 Å². The second-order valence-electron chi connectivity index (χ2n) is 8.17. The predicted molar refractivity (Wildman–Crippen MR) is 142 cm³/mol. The van der Waals surface area contributed by atoms with Crippen molar-refractivity contribution in [1.29, 1.82) is 0 Å². The molecule has 0 spiro atoms. The van der Waals surface area contributed by atoms with Gasteiger partial charge in [-0.3, -0.25) is 4.79 Å². The third-order valence-electron chi connectivity index (χ3n) is 5.09. The molecule has 4 aromatic rings. The van der Waals surface area contributed by atoms with E-state index in [2.05, 4.69) is 65.3 Å². The van der Waals surface area contributed by atoms with Gasteiger partial charge in [-0.15, -0.1) is 0 Å². The number of benzene rings is 3. The maximum Gasteiger partial charge on any atom is 0.260 e. The van der Waals surface area contributed by atoms with Gasteiger partial charge in [0.1, 0.15) is 5.75 Å². The second-order valence-corrected chi connectivity index (χ2v) is 8.17. The van der Waals surface area contributed by atoms with E-state index >= 15 is 0 Å². The van der Waals surface area contributed by atoms with Gasteiger partial charge in [-0.25, -0.2) is 4.98 Å². The molecular formula is C29H25FN4O2. The van der Waals surface area contributed by atoms with Gasteiger partial charge in [-0.1, -0.05) is 66.3 Å². The van der Waals surface area contributed by atoms with Crippen LogP contribution >= 0.6 is 0 Å². The molecule has 2 N–H and O–H groups in total. The zero-order chi connectivity index (χ0) is 25.5. The highest BCUT2D eigenvalue weighted by Gasteiger charge is 2.11. The molecule has 0 aliphatic rings. The maximum absolute atomic E-state index is 14.3. The Morgan fingerprint density at radius 1 is 0.944 bits per heavy atom. The molecule has 180 valence electrons. The Morgan fingerprint density at radius 3 is 2.39 bits per heavy atom. The summed E-state index contributed by atoms with van der Waals surface area (Å²) in [6, 6.07) is 20.7. The van der Waals surface area contributed by atoms with E-state index in [0.29, 0.717) is 11.4 Å². The third kappa shape index (κ3) is 6.64. The lowest BCUT2D eigenvalue weighted by atomic mass is 10.1. The highest BCUT2D eigenvalue weighted by Crippen LogP contribution is 2.26. The monoisotopic (exact) mass is 480 g/mol. The van der Waals surface area contributed by atoms with E-state index in [1.165, 1.54) is 11.1 Å². The van der Waals surface area contributed by atoms with Crippen LogP contribution in [0.4, 0.5) is 21.7 Å². The number of hydrogen-bond donors (Lipinski definition) is 2. The average Bonchev–Trinajstić information content (AvgIpc) is 2.85. The summed E-state index contributed by atoms with van der Waals surface area (Å²) in [6.07, 6.45) is 6.31. The molecule has 4 rings (SSSR count). The number of nitrogens with one attached hydrogen (secondary N) is 2. The Hall–Kier alpha value is -4.78. The Labute approximate surface area is 209 Å². The highest BCUT2D eigenvalue weighted by molar-refractivity contribution is 5.98. The third-order valence-corrected chi connectivity index (χ3v) is 5.09. The molecule has 0 unspecified atom stereocenters. The molecule has 0 aliphatic heterocycles. The van der Waals surface area contributed by atoms with Crippen LogP contribution < -0.4 is 15.4 Å². The van der Waals surface area contributed by atoms with Crippen molar-refractivity contribution in [2.45, 2.75) is 13.8 Å². The SMILES string of the molecule is C=CC(=O)Nc1cccc(Oc2nc(Nc3ccc(/C=C/c4cc(C)cc(C)c4)cc3)ncc2F)c1. The van der Waals surface area contributed by atoms with Crippen LogP contribution in [0.25, 0.3) is 12.2 Å². The lowest BCUT2D eigenvalue weighted by molar-refractivity contribution is -0.111. The second kappa shape index (κ2) is 11.1. The van der Waals surface area contributed by atoms with Crippen LogP contribution in [-0.2, 0) is 4.79 Å². The van der Waals surface area contributed by atoms with E-state index < -0.39 is 5.82 Å². The summed E-state index contributed by atoms with van der Waals surface area (Å²) in [5, 5.41) is 5.68. The van der Waals surface area contributed by atoms with Gasteiger partial charge in [0, 0.05) is 17.4 Å². The van der Waals surface area contributed by atoms with Crippen LogP contribution in [0.15, 0.2) is 85.6 Å². The number of nitrogens with zero attached hydrogens (tertiary/aromatic N) is 2. The summed E-state index contributed by atoms with van der Waals surface area (Å²) >= 11 is 0. The Bertz CT molecular complexity index is 1410. The quantitative estimate of drug-likeness (QED) is 0.208. The standard InChI is InChI=1S/C29H25FN4O2/c1-4-27(35)32-24-6-5-7-25(17-24)36-28-26(30)18-31-29(34-28)33-23-12-10-21(11-13-23)8-9-22-15-19(2)14-20(3)16-22/h4-18H,1H2,2-3H3,(H,32,35)(H,31,33,34)/b9-8+. The molecular weight excluding hydrogens is 455 g/mol. The number of ether oxygens (including phenoxy) is 1. The molecule has 0 saturated heterocycles. The molecule has 1 heterocycles. The molecule has 3 aromatic carbocycles. The van der Waals surface area contributed by atoms with Gasteiger partial charge < -0.3 is 15.4 Å². The Morgan fingerprint density at radius 2 is 1.67 bits per heavy atom. The van der Waals surface area contributed by atoms with Crippen molar-refractivity contribution in [1.82, 2.24) is 9.97 Å². The predicted octanol–water partition coefficient (Wildman–Crippen LogP) is 7.06. The van der Waals surface area contributed by atoms with Gasteiger partial charge in [0.25, 0.3) is 5.88 Å². The summed E-state index contributed by atoms with van der Waals surface area (Å²) in [5.41, 5.74) is 5.86. The fourth-order valence-corrected chi connectivity index (χ4v) is 3.53. The van der Waals surface area contributed by atoms with Crippen molar-refractivity contribution in [3.63, 3.8) is 0 Å². The van der Waals surface area contributed by atoms with Gasteiger partial charge in [0.2, 0.25) is 17.7 Å². The first-order valence-electron chi connectivity index (χ1n) is 11.3. The molecule has 1 aromatic heterocycles. The zero-order valence-corrected chi connectivity index (χ0v) is 20.0. The normalized spacial score (nSPS) is 10.8. The number of hydrogen-bond acceptors (Lipinski definition) is 5. The number of carbonyl (C=O) groups excluding carboxylic acids is 1. The summed E-state index contributed by atoms with van der Waals surface area (Å²) in [6.45, 7) is 7.58. The van der Waals surface area contributed by atoms with Gasteiger partial charge in [0.15, 0.2) is 0 Å². The van der Waals surface area contributed by atoms with E-state index in [-0.39, 0.29) is 17.7 Å². The molecule has 0 atom stereocenters. The fraction of sp³-hybridized carbons (Fsp3) is 0.0690. The molecule has 0 aliphatic carbocycles. The number of anilines is 3. The maximum atomic E-state index is 14.3. The molecule has 36 heavy (non-hydrogen) atoms. The molecule has 0 radical (unpaired) electrons. The van der Waals surface area contributed by atoms with E-state index in [0.717, 1.165) is 29.1 Å². The van der Waals surface area contributed by atoms with Crippen LogP contribution in [0, 0.1) is 19.7 Å². The van der Waals surface area contributed by atoms with Crippen molar-refractivity contribution in [3.8, 4) is 11.6 Å². The molecule has 0 bridgehead atoms. The smallest absolute Gasteiger partial charge is 0.260 e. The number of halogens is 1. The first kappa shape index (κ1) is 24.3. The van der Waals surface area contributed by atoms with Crippen LogP contribution in [-0.4, -0.2) is 15.9 Å². The Balaban J connectivity index is 1.44. The largest absolute Gasteiger partial charge is 0.436 e. The Kier molecular flexibility index (Phi) is 7.51. The van der Waals surface area contributed by atoms with Crippen molar-refractivity contribution in [2.75, 3.05) is 10.6 Å². The average molecular weight is 481 g/mol. The number of carbonyl (C=O) groups is 1. The number of rotatable bonds is 8. The fourth-order valence-electron chi connectivity index (χ4n) is 3.53. The van der Waals surface area contributed by atoms with Crippen molar-refractivity contribution in [2.24, 2.45) is 0 Å². The van der Waals surface area contributed by atoms with E-state index in [1.807, 2.05) is 30.3 Å². The topological polar surface area (TPSA) is 76.1 Å². The lowest BCUT2D eigenvalue weighted by Gasteiger charge is -2.10. The van der Waals surface area contributed by atoms with E-state index in [9.17, 15) is 9.18 Å². The minimum absolute atomic E-state index is 0.182. The lowest BCUT2D eigenvalue weighted by Crippen LogP contribution is -2.07. The van der Waals surface area contributed by atoms with Gasteiger partial charge in [-0.05, 0) is 55.3 Å². The molecule has 1 amide bonds. The first-order chi connectivity index (χ1) is 17.4. The summed E-state index contributed by atoms with van der Waals surface area (Å²) < 4.78 is 19.9. The van der Waals surface area contributed by atoms with Gasteiger partial charge in [-0.2, -0.15) is 9.37 Å². The summed E-state index contributed by atoms with van der Waals surface area (Å²) in [7, 11) is 0. The van der Waals surface area contributed by atoms with Crippen LogP contribution in [0.2, 0.25) is 0 Å². The molecule has 6 nitrogen and oxygen atoms in total. The minimum atomic E-state index is -0.715. The van der Waals surface area contributed by atoms with E-state index in [1.54, 1.807) is 24.3 Å². The van der Waals surface area contributed by atoms with Crippen molar-refractivity contribution < 1.29 is 13.9 Å². The summed E-state index contributed by atoms with van der Waals surface area (Å²) in [5.74, 6) is -0.833. The molecule has 7 heteroatoms. The van der Waals surface area contributed by atoms with Crippen LogP contribution in [0.1, 0.15) is 22.3 Å². The highest BCUT2D eigenvalue weighted by atomic mass is 19.1.